The lowest BCUT2D eigenvalue weighted by molar-refractivity contribution is 0.0747. The zero-order valence-electron chi connectivity index (χ0n) is 10.5. The first-order chi connectivity index (χ1) is 9.13. The van der Waals surface area contributed by atoms with Crippen molar-refractivity contribution < 1.29 is 4.79 Å². The Kier molecular flexibility index (Phi) is 3.45. The average Bonchev–Trinajstić information content (AvgIpc) is 2.72. The summed E-state index contributed by atoms with van der Waals surface area (Å²) in [7, 11) is 0. The molecule has 1 amide bonds. The highest BCUT2D eigenvalue weighted by Crippen LogP contribution is 2.21. The highest BCUT2D eigenvalue weighted by molar-refractivity contribution is 9.10. The topological polar surface area (TPSA) is 65.2 Å². The second-order valence-corrected chi connectivity index (χ2v) is 6.10. The Morgan fingerprint density at radius 3 is 2.89 bits per heavy atom. The van der Waals surface area contributed by atoms with Crippen molar-refractivity contribution in [2.75, 3.05) is 13.1 Å². The molecule has 0 saturated carbocycles. The number of halogens is 1. The summed E-state index contributed by atoms with van der Waals surface area (Å²) in [6.07, 6.45) is 4.86. The second kappa shape index (κ2) is 5.09. The Labute approximate surface area is 119 Å². The van der Waals surface area contributed by atoms with E-state index in [0.29, 0.717) is 22.1 Å². The van der Waals surface area contributed by atoms with E-state index in [2.05, 4.69) is 26.2 Å². The molecule has 0 aromatic carbocycles. The number of hydrogen-bond donors (Lipinski definition) is 2. The van der Waals surface area contributed by atoms with Gasteiger partial charge in [0.15, 0.2) is 0 Å². The predicted octanol–water partition coefficient (Wildman–Crippen LogP) is 1.10. The molecule has 19 heavy (non-hydrogen) atoms. The van der Waals surface area contributed by atoms with Gasteiger partial charge >= 0.3 is 0 Å². The minimum atomic E-state index is -0.215. The molecule has 0 aliphatic carbocycles. The van der Waals surface area contributed by atoms with Crippen molar-refractivity contribution in [2.24, 2.45) is 0 Å². The van der Waals surface area contributed by atoms with Crippen molar-refractivity contribution >= 4 is 21.8 Å². The second-order valence-electron chi connectivity index (χ2n) is 5.24. The number of fused-ring (bicyclic) bond motifs is 2. The zero-order chi connectivity index (χ0) is 13.4. The van der Waals surface area contributed by atoms with Crippen molar-refractivity contribution in [3.8, 4) is 0 Å². The van der Waals surface area contributed by atoms with Crippen LogP contribution in [-0.4, -0.2) is 41.0 Å². The summed E-state index contributed by atoms with van der Waals surface area (Å²) < 4.78 is 0.396. The lowest BCUT2D eigenvalue weighted by atomic mass is 10.1. The van der Waals surface area contributed by atoms with Crippen LogP contribution in [0.4, 0.5) is 0 Å². The molecule has 2 aliphatic heterocycles. The van der Waals surface area contributed by atoms with E-state index in [4.69, 9.17) is 0 Å². The van der Waals surface area contributed by atoms with E-state index in [-0.39, 0.29) is 11.5 Å². The molecular weight excluding hydrogens is 310 g/mol. The molecule has 102 valence electrons. The molecule has 5 nitrogen and oxygen atoms in total. The van der Waals surface area contributed by atoms with Gasteiger partial charge in [-0.25, -0.2) is 0 Å². The van der Waals surface area contributed by atoms with Crippen LogP contribution in [0.3, 0.4) is 0 Å². The summed E-state index contributed by atoms with van der Waals surface area (Å²) in [4.78, 5) is 28.2. The van der Waals surface area contributed by atoms with E-state index < -0.39 is 0 Å². The van der Waals surface area contributed by atoms with Gasteiger partial charge in [-0.05, 0) is 41.3 Å². The van der Waals surface area contributed by atoms with Gasteiger partial charge in [-0.1, -0.05) is 0 Å². The number of aromatic nitrogens is 1. The fourth-order valence-corrected chi connectivity index (χ4v) is 3.25. The number of nitrogens with one attached hydrogen (secondary N) is 2. The number of hydrogen-bond acceptors (Lipinski definition) is 3. The maximum atomic E-state index is 12.4. The van der Waals surface area contributed by atoms with Crippen molar-refractivity contribution in [1.82, 2.24) is 15.2 Å². The molecule has 6 heteroatoms. The van der Waals surface area contributed by atoms with Gasteiger partial charge in [0.1, 0.15) is 0 Å². The Morgan fingerprint density at radius 2 is 2.11 bits per heavy atom. The monoisotopic (exact) mass is 325 g/mol. The molecule has 3 heterocycles. The lowest BCUT2D eigenvalue weighted by Crippen LogP contribution is -2.39. The van der Waals surface area contributed by atoms with Gasteiger partial charge in [-0.3, -0.25) is 9.59 Å². The number of rotatable bonds is 1. The fraction of sp³-hybridized carbons (Fsp3) is 0.538. The van der Waals surface area contributed by atoms with Crippen LogP contribution in [0.15, 0.2) is 21.5 Å². The SMILES string of the molecule is O=C(c1c[nH]c(=O)c(Br)c1)N1CCC2CCC(C1)N2. The first-order valence-electron chi connectivity index (χ1n) is 6.57. The Bertz CT molecular complexity index is 557. The summed E-state index contributed by atoms with van der Waals surface area (Å²) in [5.41, 5.74) is 0.317. The van der Waals surface area contributed by atoms with E-state index in [1.807, 2.05) is 4.90 Å². The molecule has 2 N–H and O–H groups in total. The maximum absolute atomic E-state index is 12.4. The fourth-order valence-electron chi connectivity index (χ4n) is 2.89. The molecule has 1 aromatic heterocycles. The highest BCUT2D eigenvalue weighted by Gasteiger charge is 2.31. The highest BCUT2D eigenvalue weighted by atomic mass is 79.9. The van der Waals surface area contributed by atoms with Gasteiger partial charge in [0.05, 0.1) is 10.0 Å². The van der Waals surface area contributed by atoms with Crippen LogP contribution in [0.2, 0.25) is 0 Å². The van der Waals surface area contributed by atoms with Crippen molar-refractivity contribution in [3.63, 3.8) is 0 Å². The summed E-state index contributed by atoms with van der Waals surface area (Å²) in [5, 5.41) is 3.55. The number of aromatic amines is 1. The maximum Gasteiger partial charge on any atom is 0.262 e. The van der Waals surface area contributed by atoms with Gasteiger partial charge < -0.3 is 15.2 Å². The van der Waals surface area contributed by atoms with Crippen LogP contribution in [0.1, 0.15) is 29.6 Å². The zero-order valence-corrected chi connectivity index (χ0v) is 12.1. The van der Waals surface area contributed by atoms with Crippen LogP contribution in [0.25, 0.3) is 0 Å². The van der Waals surface area contributed by atoms with E-state index in [1.165, 1.54) is 12.6 Å². The summed E-state index contributed by atoms with van der Waals surface area (Å²) in [6, 6.07) is 2.57. The average molecular weight is 326 g/mol. The van der Waals surface area contributed by atoms with Gasteiger partial charge in [0.2, 0.25) is 0 Å². The van der Waals surface area contributed by atoms with E-state index in [1.54, 1.807) is 6.07 Å². The Hall–Kier alpha value is -1.14. The number of amides is 1. The smallest absolute Gasteiger partial charge is 0.262 e. The molecule has 2 bridgehead atoms. The number of carbonyl (C=O) groups is 1. The molecule has 2 aliphatic rings. The third-order valence-corrected chi connectivity index (χ3v) is 4.50. The van der Waals surface area contributed by atoms with Crippen molar-refractivity contribution in [1.29, 1.82) is 0 Å². The quantitative estimate of drug-likeness (QED) is 0.812. The van der Waals surface area contributed by atoms with Crippen LogP contribution in [0.5, 0.6) is 0 Å². The van der Waals surface area contributed by atoms with Crippen molar-refractivity contribution in [2.45, 2.75) is 31.3 Å². The van der Waals surface area contributed by atoms with Crippen LogP contribution in [-0.2, 0) is 0 Å². The van der Waals surface area contributed by atoms with Crippen LogP contribution >= 0.6 is 15.9 Å². The Morgan fingerprint density at radius 1 is 1.32 bits per heavy atom. The molecule has 1 aromatic rings. The third-order valence-electron chi connectivity index (χ3n) is 3.92. The normalized spacial score (nSPS) is 26.3. The number of H-pyrrole nitrogens is 1. The lowest BCUT2D eigenvalue weighted by Gasteiger charge is -2.24. The van der Waals surface area contributed by atoms with Crippen molar-refractivity contribution in [3.05, 3.63) is 32.7 Å². The minimum absolute atomic E-state index is 0.00806. The molecular formula is C13H16BrN3O2. The summed E-state index contributed by atoms with van der Waals surface area (Å²) >= 11 is 3.16. The van der Waals surface area contributed by atoms with Gasteiger partial charge in [-0.15, -0.1) is 0 Å². The first-order valence-corrected chi connectivity index (χ1v) is 7.36. The molecule has 2 atom stereocenters. The minimum Gasteiger partial charge on any atom is -0.337 e. The molecule has 2 saturated heterocycles. The predicted molar refractivity (Wildman–Crippen MR) is 75.2 cm³/mol. The number of carbonyl (C=O) groups excluding carboxylic acids is 1. The van der Waals surface area contributed by atoms with Crippen LogP contribution in [0, 0.1) is 0 Å². The third kappa shape index (κ3) is 2.60. The molecule has 2 unspecified atom stereocenters. The molecule has 0 radical (unpaired) electrons. The van der Waals surface area contributed by atoms with Gasteiger partial charge in [-0.2, -0.15) is 0 Å². The number of likely N-dealkylation sites (tertiary alicyclic amines) is 1. The van der Waals surface area contributed by atoms with Gasteiger partial charge in [0.25, 0.3) is 11.5 Å². The van der Waals surface area contributed by atoms with E-state index >= 15 is 0 Å². The van der Waals surface area contributed by atoms with E-state index in [0.717, 1.165) is 25.9 Å². The standard InChI is InChI=1S/C13H16BrN3O2/c14-11-5-8(6-15-12(11)18)13(19)17-4-3-9-1-2-10(7-17)16-9/h5-6,9-10,16H,1-4,7H2,(H,15,18). The largest absolute Gasteiger partial charge is 0.337 e. The molecule has 0 spiro atoms. The molecule has 2 fully saturated rings. The number of pyridine rings is 1. The summed E-state index contributed by atoms with van der Waals surface area (Å²) in [5.74, 6) is -0.00806. The van der Waals surface area contributed by atoms with Gasteiger partial charge in [0, 0.05) is 31.4 Å². The van der Waals surface area contributed by atoms with E-state index in [9.17, 15) is 9.59 Å². The first kappa shape index (κ1) is 12.9. The molecule has 3 rings (SSSR count). The Balaban J connectivity index is 1.79. The van der Waals surface area contributed by atoms with Crippen LogP contribution < -0.4 is 10.9 Å². The number of nitrogens with zero attached hydrogens (tertiary/aromatic N) is 1. The summed E-state index contributed by atoms with van der Waals surface area (Å²) in [6.45, 7) is 1.54.